The Kier molecular flexibility index (Phi) is 7.56. The first kappa shape index (κ1) is 27.4. The first-order chi connectivity index (χ1) is 18.5. The van der Waals surface area contributed by atoms with E-state index in [9.17, 15) is 13.2 Å². The maximum absolute atomic E-state index is 12.8. The number of nitrogens with zero attached hydrogens (tertiary/aromatic N) is 4. The summed E-state index contributed by atoms with van der Waals surface area (Å²) in [6.45, 7) is 5.28. The zero-order chi connectivity index (χ0) is 27.9. The fourth-order valence-electron chi connectivity index (χ4n) is 4.71. The van der Waals surface area contributed by atoms with E-state index in [4.69, 9.17) is 16.3 Å². The number of aromatic nitrogens is 4. The molecule has 1 aromatic carbocycles. The molecule has 0 saturated heterocycles. The summed E-state index contributed by atoms with van der Waals surface area (Å²) >= 11 is 6.40. The van der Waals surface area contributed by atoms with Crippen molar-refractivity contribution in [1.29, 1.82) is 0 Å². The van der Waals surface area contributed by atoms with Gasteiger partial charge in [-0.05, 0) is 75.6 Å². The summed E-state index contributed by atoms with van der Waals surface area (Å²) in [5, 5.41) is 9.96. The number of hydrogen-bond donors (Lipinski definition) is 2. The SMILES string of the molecule is Cc1cc(Nc2ncc(Cl)c(Nc3cn(C)nc3S(=O)(=O)C(C)C)n2)c(OC2CC2)cc1C1CCC(=O)CC1. The van der Waals surface area contributed by atoms with Gasteiger partial charge in [0.25, 0.3) is 0 Å². The minimum atomic E-state index is -3.64. The molecule has 3 aromatic rings. The Morgan fingerprint density at radius 1 is 1.10 bits per heavy atom. The van der Waals surface area contributed by atoms with E-state index in [2.05, 4.69) is 38.7 Å². The van der Waals surface area contributed by atoms with Gasteiger partial charge in [-0.2, -0.15) is 10.1 Å². The number of rotatable bonds is 9. The maximum Gasteiger partial charge on any atom is 0.229 e. The van der Waals surface area contributed by atoms with Crippen LogP contribution in [-0.2, 0) is 21.7 Å². The lowest BCUT2D eigenvalue weighted by Gasteiger charge is -2.25. The fourth-order valence-corrected chi connectivity index (χ4v) is 5.94. The van der Waals surface area contributed by atoms with E-state index in [0.717, 1.165) is 42.7 Å². The predicted molar refractivity (Wildman–Crippen MR) is 150 cm³/mol. The van der Waals surface area contributed by atoms with E-state index < -0.39 is 15.1 Å². The highest BCUT2D eigenvalue weighted by Gasteiger charge is 2.29. The first-order valence-electron chi connectivity index (χ1n) is 13.2. The van der Waals surface area contributed by atoms with Crippen LogP contribution in [0.15, 0.2) is 29.6 Å². The fraction of sp³-hybridized carbons (Fsp3) is 0.481. The standard InChI is InChI=1S/C27H33ClN6O4S/c1-15(2)39(36,37)26-23(14-34(4)33-26)30-25-21(28)13-29-27(32-25)31-22-11-16(3)20(12-24(22)38-19-9-10-19)17-5-7-18(35)8-6-17/h11-15,17,19H,5-10H2,1-4H3,(H2,29,30,31,32). The topological polar surface area (TPSA) is 128 Å². The summed E-state index contributed by atoms with van der Waals surface area (Å²) < 4.78 is 33.4. The molecule has 0 amide bonds. The lowest BCUT2D eigenvalue weighted by atomic mass is 9.81. The van der Waals surface area contributed by atoms with Crippen LogP contribution in [-0.4, -0.2) is 45.3 Å². The van der Waals surface area contributed by atoms with Crippen molar-refractivity contribution in [3.05, 3.63) is 40.7 Å². The third-order valence-corrected chi connectivity index (χ3v) is 9.46. The second-order valence-corrected chi connectivity index (χ2v) is 13.4. The molecule has 2 heterocycles. The van der Waals surface area contributed by atoms with Gasteiger partial charge in [-0.3, -0.25) is 9.48 Å². The Balaban J connectivity index is 1.44. The molecule has 2 aliphatic rings. The number of carbonyl (C=O) groups excluding carboxylic acids is 1. The van der Waals surface area contributed by atoms with Gasteiger partial charge < -0.3 is 15.4 Å². The number of anilines is 4. The van der Waals surface area contributed by atoms with Crippen molar-refractivity contribution in [3.8, 4) is 5.75 Å². The van der Waals surface area contributed by atoms with E-state index in [-0.39, 0.29) is 33.6 Å². The molecule has 10 nitrogen and oxygen atoms in total. The normalized spacial score (nSPS) is 16.5. The summed E-state index contributed by atoms with van der Waals surface area (Å²) in [4.78, 5) is 20.6. The molecule has 2 aliphatic carbocycles. The second kappa shape index (κ2) is 10.8. The minimum absolute atomic E-state index is 0.0695. The Morgan fingerprint density at radius 2 is 1.82 bits per heavy atom. The van der Waals surface area contributed by atoms with Crippen molar-refractivity contribution in [2.75, 3.05) is 10.6 Å². The molecule has 2 fully saturated rings. The molecular weight excluding hydrogens is 540 g/mol. The zero-order valence-electron chi connectivity index (χ0n) is 22.5. The minimum Gasteiger partial charge on any atom is -0.488 e. The van der Waals surface area contributed by atoms with Crippen LogP contribution >= 0.6 is 11.6 Å². The van der Waals surface area contributed by atoms with Crippen LogP contribution in [0.2, 0.25) is 5.02 Å². The first-order valence-corrected chi connectivity index (χ1v) is 15.1. The average molecular weight is 573 g/mol. The van der Waals surface area contributed by atoms with Crippen LogP contribution in [0.3, 0.4) is 0 Å². The second-order valence-electron chi connectivity index (χ2n) is 10.6. The van der Waals surface area contributed by atoms with Gasteiger partial charge in [0.1, 0.15) is 16.6 Å². The van der Waals surface area contributed by atoms with Gasteiger partial charge in [0.2, 0.25) is 20.8 Å². The van der Waals surface area contributed by atoms with Gasteiger partial charge in [0.15, 0.2) is 5.82 Å². The number of ether oxygens (including phenoxy) is 1. The van der Waals surface area contributed by atoms with Crippen LogP contribution in [0.1, 0.15) is 69.4 Å². The predicted octanol–water partition coefficient (Wildman–Crippen LogP) is 5.61. The molecular formula is C27H33ClN6O4S. The van der Waals surface area contributed by atoms with E-state index >= 15 is 0 Å². The lowest BCUT2D eigenvalue weighted by molar-refractivity contribution is -0.120. The number of hydrogen-bond acceptors (Lipinski definition) is 9. The number of Topliss-reactive ketones (excluding diaryl/α,β-unsaturated/α-hetero) is 1. The number of nitrogens with one attached hydrogen (secondary N) is 2. The molecule has 2 saturated carbocycles. The van der Waals surface area contributed by atoms with E-state index in [1.54, 1.807) is 27.1 Å². The van der Waals surface area contributed by atoms with Crippen molar-refractivity contribution >= 4 is 50.4 Å². The summed E-state index contributed by atoms with van der Waals surface area (Å²) in [7, 11) is -1.99. The molecule has 2 N–H and O–H groups in total. The largest absolute Gasteiger partial charge is 0.488 e. The van der Waals surface area contributed by atoms with Crippen LogP contribution < -0.4 is 15.4 Å². The maximum atomic E-state index is 12.8. The molecule has 208 valence electrons. The van der Waals surface area contributed by atoms with Crippen molar-refractivity contribution in [3.63, 3.8) is 0 Å². The van der Waals surface area contributed by atoms with Gasteiger partial charge in [0.05, 0.1) is 28.9 Å². The lowest BCUT2D eigenvalue weighted by Crippen LogP contribution is -2.16. The molecule has 2 aromatic heterocycles. The van der Waals surface area contributed by atoms with E-state index in [0.29, 0.717) is 24.5 Å². The Hall–Kier alpha value is -3.18. The molecule has 5 rings (SSSR count). The van der Waals surface area contributed by atoms with Crippen LogP contribution in [0, 0.1) is 6.92 Å². The summed E-state index contributed by atoms with van der Waals surface area (Å²) in [6.07, 6.45) is 8.18. The number of carbonyl (C=O) groups is 1. The summed E-state index contributed by atoms with van der Waals surface area (Å²) in [5.74, 6) is 1.90. The van der Waals surface area contributed by atoms with Gasteiger partial charge >= 0.3 is 0 Å². The van der Waals surface area contributed by atoms with Crippen molar-refractivity contribution in [2.45, 2.75) is 81.6 Å². The number of aryl methyl sites for hydroxylation is 2. The third kappa shape index (κ3) is 6.04. The highest BCUT2D eigenvalue weighted by molar-refractivity contribution is 7.92. The molecule has 0 aliphatic heterocycles. The van der Waals surface area contributed by atoms with Crippen molar-refractivity contribution < 1.29 is 17.9 Å². The number of benzene rings is 1. The highest BCUT2D eigenvalue weighted by atomic mass is 35.5. The third-order valence-electron chi connectivity index (χ3n) is 7.10. The van der Waals surface area contributed by atoms with Gasteiger partial charge in [0, 0.05) is 26.1 Å². The molecule has 0 unspecified atom stereocenters. The molecule has 39 heavy (non-hydrogen) atoms. The van der Waals surface area contributed by atoms with E-state index in [1.165, 1.54) is 16.4 Å². The Labute approximate surface area is 233 Å². The van der Waals surface area contributed by atoms with Crippen LogP contribution in [0.5, 0.6) is 5.75 Å². The number of halogens is 1. The van der Waals surface area contributed by atoms with E-state index in [1.807, 2.05) is 6.07 Å². The Morgan fingerprint density at radius 3 is 2.49 bits per heavy atom. The van der Waals surface area contributed by atoms with Gasteiger partial charge in [-0.15, -0.1) is 0 Å². The van der Waals surface area contributed by atoms with Crippen LogP contribution in [0.4, 0.5) is 23.1 Å². The van der Waals surface area contributed by atoms with Gasteiger partial charge in [-0.25, -0.2) is 13.4 Å². The quantitative estimate of drug-likeness (QED) is 0.336. The molecule has 0 bridgehead atoms. The zero-order valence-corrected chi connectivity index (χ0v) is 24.1. The number of sulfone groups is 1. The Bertz CT molecular complexity index is 1510. The van der Waals surface area contributed by atoms with Crippen molar-refractivity contribution in [1.82, 2.24) is 19.7 Å². The summed E-state index contributed by atoms with van der Waals surface area (Å²) in [6, 6.07) is 4.12. The molecule has 12 heteroatoms. The molecule has 0 radical (unpaired) electrons. The van der Waals surface area contributed by atoms with Crippen LogP contribution in [0.25, 0.3) is 0 Å². The highest BCUT2D eigenvalue weighted by Crippen LogP contribution is 2.41. The molecule has 0 atom stereocenters. The summed E-state index contributed by atoms with van der Waals surface area (Å²) in [5.41, 5.74) is 3.32. The average Bonchev–Trinajstić information content (AvgIpc) is 3.62. The smallest absolute Gasteiger partial charge is 0.229 e. The molecule has 0 spiro atoms. The number of ketones is 1. The van der Waals surface area contributed by atoms with Gasteiger partial charge in [-0.1, -0.05) is 11.6 Å². The monoisotopic (exact) mass is 572 g/mol. The van der Waals surface area contributed by atoms with Crippen molar-refractivity contribution in [2.24, 2.45) is 7.05 Å².